The molecular formula is C18H19Cl2N3O3. The van der Waals surface area contributed by atoms with Crippen LogP contribution in [0.15, 0.2) is 18.2 Å². The number of halogens is 2. The first kappa shape index (κ1) is 13.3. The maximum atomic E-state index is 7.70. The first-order valence-corrected chi connectivity index (χ1v) is 8.95. The third kappa shape index (κ3) is 3.62. The second-order valence-corrected chi connectivity index (χ2v) is 6.75. The van der Waals surface area contributed by atoms with Gasteiger partial charge < -0.3 is 19.1 Å². The molecule has 0 bridgehead atoms. The van der Waals surface area contributed by atoms with Gasteiger partial charge in [0.15, 0.2) is 11.5 Å². The first-order valence-electron chi connectivity index (χ1n) is 10.2. The second kappa shape index (κ2) is 7.37. The summed E-state index contributed by atoms with van der Waals surface area (Å²) in [6.07, 6.45) is 1.41. The van der Waals surface area contributed by atoms with Crippen LogP contribution in [0.1, 0.15) is 23.9 Å². The van der Waals surface area contributed by atoms with E-state index in [-0.39, 0.29) is 22.9 Å². The number of ether oxygens (including phenoxy) is 3. The highest BCUT2D eigenvalue weighted by atomic mass is 35.5. The lowest BCUT2D eigenvalue weighted by molar-refractivity contribution is 0.159. The van der Waals surface area contributed by atoms with E-state index in [4.69, 9.17) is 42.9 Å². The van der Waals surface area contributed by atoms with E-state index >= 15 is 0 Å². The second-order valence-electron chi connectivity index (χ2n) is 6.05. The number of hydrogen-bond donors (Lipinski definition) is 0. The minimum absolute atomic E-state index is 0.0555. The maximum absolute atomic E-state index is 7.70. The molecule has 1 aromatic carbocycles. The summed E-state index contributed by atoms with van der Waals surface area (Å²) in [7, 11) is 0. The van der Waals surface area contributed by atoms with Gasteiger partial charge in [0.2, 0.25) is 5.28 Å². The number of fused-ring (bicyclic) bond motifs is 1. The van der Waals surface area contributed by atoms with Gasteiger partial charge in [0.1, 0.15) is 35.9 Å². The lowest BCUT2D eigenvalue weighted by atomic mass is 10.1. The number of piperidine rings is 1. The van der Waals surface area contributed by atoms with Crippen LogP contribution >= 0.6 is 23.2 Å². The summed E-state index contributed by atoms with van der Waals surface area (Å²) in [6, 6.07) is 4.68. The zero-order valence-corrected chi connectivity index (χ0v) is 15.5. The molecule has 1 aromatic heterocycles. The minimum Gasteiger partial charge on any atom is -0.490 e. The van der Waals surface area contributed by atoms with E-state index in [1.165, 1.54) is 12.1 Å². The van der Waals surface area contributed by atoms with Crippen molar-refractivity contribution < 1.29 is 19.7 Å². The monoisotopic (exact) mass is 399 g/mol. The van der Waals surface area contributed by atoms with Crippen LogP contribution in [0.4, 0.5) is 5.82 Å². The minimum atomic E-state index is -2.61. The quantitative estimate of drug-likeness (QED) is 0.575. The van der Waals surface area contributed by atoms with Crippen LogP contribution in [0.25, 0.3) is 0 Å². The summed E-state index contributed by atoms with van der Waals surface area (Å²) < 4.78 is 47.0. The molecule has 6 nitrogen and oxygen atoms in total. The number of nitrogens with zero attached hydrogens (tertiary/aromatic N) is 3. The van der Waals surface area contributed by atoms with E-state index in [2.05, 4.69) is 14.9 Å². The summed E-state index contributed by atoms with van der Waals surface area (Å²) in [5.74, 6) is 1.45. The molecule has 0 N–H and O–H groups in total. The zero-order valence-electron chi connectivity index (χ0n) is 18.0. The molecule has 2 aliphatic heterocycles. The maximum Gasteiger partial charge on any atom is 0.225 e. The molecule has 0 unspecified atom stereocenters. The molecule has 4 rings (SSSR count). The van der Waals surface area contributed by atoms with Crippen molar-refractivity contribution in [3.63, 3.8) is 0 Å². The Hall–Kier alpha value is -1.92. The fourth-order valence-corrected chi connectivity index (χ4v) is 3.39. The van der Waals surface area contributed by atoms with Gasteiger partial charge in [0, 0.05) is 37.6 Å². The number of rotatable bonds is 3. The van der Waals surface area contributed by atoms with Gasteiger partial charge in [-0.3, -0.25) is 0 Å². The summed E-state index contributed by atoms with van der Waals surface area (Å²) in [5, 5.41) is 0.448. The van der Waals surface area contributed by atoms with E-state index in [1.54, 1.807) is 6.07 Å². The average Bonchev–Trinajstić information content (AvgIpc) is 2.66. The molecule has 138 valence electrons. The van der Waals surface area contributed by atoms with Crippen LogP contribution in [-0.4, -0.2) is 42.3 Å². The SMILES string of the molecule is [2H]C1([2H])Oc2ccc(OC3CCN(c4nc(Cl)nc(Cl)c4C)CC3)cc2OC1([2H])[2H]. The van der Waals surface area contributed by atoms with Crippen LogP contribution in [0.5, 0.6) is 17.2 Å². The smallest absolute Gasteiger partial charge is 0.225 e. The fourth-order valence-electron chi connectivity index (χ4n) is 3.02. The molecule has 0 spiro atoms. The Balaban J connectivity index is 1.42. The molecule has 0 radical (unpaired) electrons. The Kier molecular flexibility index (Phi) is 3.76. The van der Waals surface area contributed by atoms with Gasteiger partial charge >= 0.3 is 0 Å². The van der Waals surface area contributed by atoms with Crippen molar-refractivity contribution in [2.24, 2.45) is 0 Å². The summed E-state index contributed by atoms with van der Waals surface area (Å²) in [5.41, 5.74) is 0.779. The highest BCUT2D eigenvalue weighted by Gasteiger charge is 2.24. The van der Waals surface area contributed by atoms with Gasteiger partial charge in [0.25, 0.3) is 0 Å². The van der Waals surface area contributed by atoms with Crippen molar-refractivity contribution in [2.75, 3.05) is 31.1 Å². The van der Waals surface area contributed by atoms with Crippen molar-refractivity contribution in [3.05, 3.63) is 34.2 Å². The number of aromatic nitrogens is 2. The zero-order chi connectivity index (χ0) is 21.7. The molecule has 0 amide bonds. The van der Waals surface area contributed by atoms with Crippen molar-refractivity contribution >= 4 is 29.0 Å². The third-order valence-electron chi connectivity index (χ3n) is 4.36. The molecule has 0 saturated carbocycles. The number of benzene rings is 1. The Bertz CT molecular complexity index is 972. The van der Waals surface area contributed by atoms with Crippen LogP contribution in [0.2, 0.25) is 10.4 Å². The molecule has 1 saturated heterocycles. The van der Waals surface area contributed by atoms with E-state index in [1.807, 2.05) is 6.92 Å². The predicted molar refractivity (Wildman–Crippen MR) is 100 cm³/mol. The summed E-state index contributed by atoms with van der Waals surface area (Å²) in [4.78, 5) is 10.3. The highest BCUT2D eigenvalue weighted by Crippen LogP contribution is 2.35. The molecule has 2 aliphatic rings. The van der Waals surface area contributed by atoms with Crippen molar-refractivity contribution in [1.29, 1.82) is 0 Å². The summed E-state index contributed by atoms with van der Waals surface area (Å²) in [6.45, 7) is -1.94. The number of hydrogen-bond acceptors (Lipinski definition) is 6. The standard InChI is InChI=1S/C18H19Cl2N3O3/c1-11-16(19)21-18(20)22-17(11)23-6-4-12(5-7-23)26-13-2-3-14-15(10-13)25-9-8-24-14/h2-3,10,12H,4-9H2,1H3/i8D2,9D2. The predicted octanol–water partition coefficient (Wildman–Crippen LogP) is 3.91. The molecule has 0 aliphatic carbocycles. The number of anilines is 1. The van der Waals surface area contributed by atoms with Crippen LogP contribution in [0.3, 0.4) is 0 Å². The van der Waals surface area contributed by atoms with E-state index < -0.39 is 13.1 Å². The van der Waals surface area contributed by atoms with Crippen molar-refractivity contribution in [2.45, 2.75) is 25.9 Å². The lowest BCUT2D eigenvalue weighted by Gasteiger charge is -2.33. The van der Waals surface area contributed by atoms with Crippen LogP contribution in [0, 0.1) is 6.92 Å². The normalized spacial score (nSPS) is 23.4. The van der Waals surface area contributed by atoms with Crippen molar-refractivity contribution in [3.8, 4) is 17.2 Å². The largest absolute Gasteiger partial charge is 0.490 e. The van der Waals surface area contributed by atoms with Gasteiger partial charge in [-0.2, -0.15) is 0 Å². The Morgan fingerprint density at radius 3 is 2.65 bits per heavy atom. The highest BCUT2D eigenvalue weighted by molar-refractivity contribution is 6.32. The van der Waals surface area contributed by atoms with E-state index in [0.29, 0.717) is 29.8 Å². The topological polar surface area (TPSA) is 56.7 Å². The fraction of sp³-hybridized carbons (Fsp3) is 0.444. The summed E-state index contributed by atoms with van der Waals surface area (Å²) >= 11 is 12.1. The molecule has 0 atom stereocenters. The van der Waals surface area contributed by atoms with Crippen molar-refractivity contribution in [1.82, 2.24) is 9.97 Å². The van der Waals surface area contributed by atoms with Gasteiger partial charge in [-0.25, -0.2) is 9.97 Å². The van der Waals surface area contributed by atoms with E-state index in [9.17, 15) is 0 Å². The van der Waals surface area contributed by atoms with Gasteiger partial charge in [-0.1, -0.05) is 11.6 Å². The lowest BCUT2D eigenvalue weighted by Crippen LogP contribution is -2.39. The molecule has 2 aromatic rings. The van der Waals surface area contributed by atoms with Gasteiger partial charge in [0.05, 0.1) is 5.48 Å². The Morgan fingerprint density at radius 1 is 1.15 bits per heavy atom. The van der Waals surface area contributed by atoms with Crippen LogP contribution < -0.4 is 19.1 Å². The average molecular weight is 400 g/mol. The molecule has 26 heavy (non-hydrogen) atoms. The van der Waals surface area contributed by atoms with Crippen LogP contribution in [-0.2, 0) is 0 Å². The molecule has 3 heterocycles. The van der Waals surface area contributed by atoms with E-state index in [0.717, 1.165) is 18.4 Å². The van der Waals surface area contributed by atoms with Gasteiger partial charge in [-0.15, -0.1) is 0 Å². The molecular weight excluding hydrogens is 377 g/mol. The Labute approximate surface area is 167 Å². The molecule has 8 heteroatoms. The third-order valence-corrected chi connectivity index (χ3v) is 4.89. The van der Waals surface area contributed by atoms with Gasteiger partial charge in [-0.05, 0) is 30.7 Å². The first-order chi connectivity index (χ1) is 14.1. The Morgan fingerprint density at radius 2 is 1.88 bits per heavy atom. The molecule has 1 fully saturated rings.